The molecule has 0 bridgehead atoms. The third kappa shape index (κ3) is 1.62. The van der Waals surface area contributed by atoms with Gasteiger partial charge < -0.3 is 10.6 Å². The molecule has 0 radical (unpaired) electrons. The number of benzene rings is 1. The van der Waals surface area contributed by atoms with Gasteiger partial charge in [0.05, 0.1) is 0 Å². The van der Waals surface area contributed by atoms with Gasteiger partial charge in [0, 0.05) is 18.8 Å². The van der Waals surface area contributed by atoms with E-state index in [1.165, 1.54) is 24.1 Å². The Bertz CT molecular complexity index is 309. The maximum Gasteiger partial charge on any atom is 0.0399 e. The summed E-state index contributed by atoms with van der Waals surface area (Å²) in [6.07, 6.45) is 3.53. The molecule has 0 aromatic heterocycles. The Morgan fingerprint density at radius 3 is 2.93 bits per heavy atom. The van der Waals surface area contributed by atoms with Gasteiger partial charge in [-0.1, -0.05) is 18.2 Å². The van der Waals surface area contributed by atoms with E-state index in [4.69, 9.17) is 5.73 Å². The number of anilines is 1. The number of fused-ring (bicyclic) bond motifs is 1. The first kappa shape index (κ1) is 9.53. The molecular formula is C12H18N2. The van der Waals surface area contributed by atoms with Crippen molar-refractivity contribution in [1.82, 2.24) is 0 Å². The van der Waals surface area contributed by atoms with Gasteiger partial charge in [-0.3, -0.25) is 0 Å². The number of para-hydroxylation sites is 1. The van der Waals surface area contributed by atoms with Crippen molar-refractivity contribution >= 4 is 5.69 Å². The van der Waals surface area contributed by atoms with E-state index in [1.54, 1.807) is 0 Å². The molecule has 1 atom stereocenters. The summed E-state index contributed by atoms with van der Waals surface area (Å²) in [7, 11) is 2.19. The third-order valence-corrected chi connectivity index (χ3v) is 3.12. The quantitative estimate of drug-likeness (QED) is 0.787. The fourth-order valence-corrected chi connectivity index (χ4v) is 2.26. The van der Waals surface area contributed by atoms with Gasteiger partial charge >= 0.3 is 0 Å². The molecule has 2 heteroatoms. The highest BCUT2D eigenvalue weighted by Crippen LogP contribution is 2.31. The molecule has 76 valence electrons. The minimum Gasteiger partial charge on any atom is -0.371 e. The summed E-state index contributed by atoms with van der Waals surface area (Å²) in [6, 6.07) is 9.33. The number of hydrogen-bond donors (Lipinski definition) is 1. The number of hydrogen-bond acceptors (Lipinski definition) is 2. The van der Waals surface area contributed by atoms with Crippen LogP contribution in [0.1, 0.15) is 18.4 Å². The van der Waals surface area contributed by atoms with E-state index < -0.39 is 0 Å². The zero-order chi connectivity index (χ0) is 9.97. The van der Waals surface area contributed by atoms with Crippen LogP contribution >= 0.6 is 0 Å². The van der Waals surface area contributed by atoms with Gasteiger partial charge in [-0.2, -0.15) is 0 Å². The van der Waals surface area contributed by atoms with E-state index in [0.717, 1.165) is 13.0 Å². The van der Waals surface area contributed by atoms with E-state index in [1.807, 2.05) is 0 Å². The second kappa shape index (κ2) is 4.01. The lowest BCUT2D eigenvalue weighted by Gasteiger charge is -2.22. The summed E-state index contributed by atoms with van der Waals surface area (Å²) in [5.41, 5.74) is 8.42. The molecule has 0 spiro atoms. The van der Waals surface area contributed by atoms with Crippen LogP contribution in [0.25, 0.3) is 0 Å². The standard InChI is InChI=1S/C12H18N2/c1-14-11(6-4-8-13)9-10-5-2-3-7-12(10)14/h2-3,5,7,11H,4,6,8-9,13H2,1H3. The van der Waals surface area contributed by atoms with Crippen molar-refractivity contribution in [3.8, 4) is 0 Å². The van der Waals surface area contributed by atoms with Crippen LogP contribution in [0.5, 0.6) is 0 Å². The maximum absolute atomic E-state index is 5.54. The number of nitrogens with two attached hydrogens (primary N) is 1. The molecule has 14 heavy (non-hydrogen) atoms. The van der Waals surface area contributed by atoms with Crippen molar-refractivity contribution in [1.29, 1.82) is 0 Å². The predicted octanol–water partition coefficient (Wildman–Crippen LogP) is 1.79. The molecule has 0 amide bonds. The SMILES string of the molecule is CN1c2ccccc2CC1CCCN. The van der Waals surface area contributed by atoms with E-state index in [9.17, 15) is 0 Å². The van der Waals surface area contributed by atoms with Crippen molar-refractivity contribution in [2.45, 2.75) is 25.3 Å². The van der Waals surface area contributed by atoms with Gasteiger partial charge in [-0.15, -0.1) is 0 Å². The summed E-state index contributed by atoms with van der Waals surface area (Å²) >= 11 is 0. The van der Waals surface area contributed by atoms with E-state index >= 15 is 0 Å². The normalized spacial score (nSPS) is 19.9. The van der Waals surface area contributed by atoms with Crippen LogP contribution in [0.15, 0.2) is 24.3 Å². The van der Waals surface area contributed by atoms with Gasteiger partial charge in [0.15, 0.2) is 0 Å². The fourth-order valence-electron chi connectivity index (χ4n) is 2.26. The molecule has 1 aromatic rings. The summed E-state index contributed by atoms with van der Waals surface area (Å²) < 4.78 is 0. The van der Waals surface area contributed by atoms with Crippen LogP contribution in [-0.2, 0) is 6.42 Å². The van der Waals surface area contributed by atoms with Crippen LogP contribution in [0.3, 0.4) is 0 Å². The van der Waals surface area contributed by atoms with Gasteiger partial charge in [0.2, 0.25) is 0 Å². The van der Waals surface area contributed by atoms with Gasteiger partial charge in [0.1, 0.15) is 0 Å². The summed E-state index contributed by atoms with van der Waals surface area (Å²) in [5, 5.41) is 0. The lowest BCUT2D eigenvalue weighted by Crippen LogP contribution is -2.28. The van der Waals surface area contributed by atoms with Crippen LogP contribution in [0.2, 0.25) is 0 Å². The molecule has 1 unspecified atom stereocenters. The van der Waals surface area contributed by atoms with Crippen molar-refractivity contribution < 1.29 is 0 Å². The molecule has 2 N–H and O–H groups in total. The van der Waals surface area contributed by atoms with Crippen molar-refractivity contribution in [2.24, 2.45) is 5.73 Å². The Morgan fingerprint density at radius 1 is 1.43 bits per heavy atom. The Morgan fingerprint density at radius 2 is 2.21 bits per heavy atom. The van der Waals surface area contributed by atoms with Crippen LogP contribution in [-0.4, -0.2) is 19.6 Å². The highest BCUT2D eigenvalue weighted by atomic mass is 15.2. The molecule has 0 fully saturated rings. The molecule has 1 aliphatic rings. The summed E-state index contributed by atoms with van der Waals surface area (Å²) in [5.74, 6) is 0. The lowest BCUT2D eigenvalue weighted by molar-refractivity contribution is 0.584. The predicted molar refractivity (Wildman–Crippen MR) is 60.6 cm³/mol. The average Bonchev–Trinajstić information content (AvgIpc) is 2.54. The summed E-state index contributed by atoms with van der Waals surface area (Å²) in [4.78, 5) is 2.39. The van der Waals surface area contributed by atoms with Gasteiger partial charge in [-0.05, 0) is 37.4 Å². The molecular weight excluding hydrogens is 172 g/mol. The first-order chi connectivity index (χ1) is 6.83. The molecule has 2 rings (SSSR count). The fraction of sp³-hybridized carbons (Fsp3) is 0.500. The largest absolute Gasteiger partial charge is 0.371 e. The lowest BCUT2D eigenvalue weighted by atomic mass is 10.1. The maximum atomic E-state index is 5.54. The van der Waals surface area contributed by atoms with Crippen LogP contribution in [0, 0.1) is 0 Å². The van der Waals surface area contributed by atoms with E-state index in [0.29, 0.717) is 6.04 Å². The molecule has 0 saturated carbocycles. The minimum absolute atomic E-state index is 0.663. The van der Waals surface area contributed by atoms with Gasteiger partial charge in [-0.25, -0.2) is 0 Å². The first-order valence-electron chi connectivity index (χ1n) is 5.33. The van der Waals surface area contributed by atoms with Crippen LogP contribution < -0.4 is 10.6 Å². The van der Waals surface area contributed by atoms with Gasteiger partial charge in [0.25, 0.3) is 0 Å². The smallest absolute Gasteiger partial charge is 0.0399 e. The Balaban J connectivity index is 2.09. The topological polar surface area (TPSA) is 29.3 Å². The van der Waals surface area contributed by atoms with Crippen molar-refractivity contribution in [3.63, 3.8) is 0 Å². The number of likely N-dealkylation sites (N-methyl/N-ethyl adjacent to an activating group) is 1. The van der Waals surface area contributed by atoms with Crippen molar-refractivity contribution in [3.05, 3.63) is 29.8 Å². The Labute approximate surface area is 85.7 Å². The molecule has 0 saturated heterocycles. The summed E-state index contributed by atoms with van der Waals surface area (Å²) in [6.45, 7) is 0.806. The Kier molecular flexibility index (Phi) is 2.73. The first-order valence-corrected chi connectivity index (χ1v) is 5.33. The second-order valence-electron chi connectivity index (χ2n) is 4.03. The highest BCUT2D eigenvalue weighted by molar-refractivity contribution is 5.58. The minimum atomic E-state index is 0.663. The number of rotatable bonds is 3. The molecule has 1 heterocycles. The molecule has 0 aliphatic carbocycles. The number of nitrogens with zero attached hydrogens (tertiary/aromatic N) is 1. The molecule has 1 aliphatic heterocycles. The average molecular weight is 190 g/mol. The zero-order valence-corrected chi connectivity index (χ0v) is 8.74. The third-order valence-electron chi connectivity index (χ3n) is 3.12. The van der Waals surface area contributed by atoms with E-state index in [-0.39, 0.29) is 0 Å². The zero-order valence-electron chi connectivity index (χ0n) is 8.74. The highest BCUT2D eigenvalue weighted by Gasteiger charge is 2.24. The molecule has 1 aromatic carbocycles. The van der Waals surface area contributed by atoms with Crippen LogP contribution in [0.4, 0.5) is 5.69 Å². The monoisotopic (exact) mass is 190 g/mol. The van der Waals surface area contributed by atoms with E-state index in [2.05, 4.69) is 36.2 Å². The van der Waals surface area contributed by atoms with Crippen molar-refractivity contribution in [2.75, 3.05) is 18.5 Å². The second-order valence-corrected chi connectivity index (χ2v) is 4.03. The molecule has 2 nitrogen and oxygen atoms in total. The Hall–Kier alpha value is -1.02.